The molecule has 0 bridgehead atoms. The second-order valence-corrected chi connectivity index (χ2v) is 7.94. The van der Waals surface area contributed by atoms with Crippen LogP contribution in [0.5, 0.6) is 5.75 Å². The molecule has 1 aromatic carbocycles. The molecule has 22 heavy (non-hydrogen) atoms. The van der Waals surface area contributed by atoms with Gasteiger partial charge in [0.15, 0.2) is 6.61 Å². The van der Waals surface area contributed by atoms with Gasteiger partial charge in [0, 0.05) is 19.2 Å². The summed E-state index contributed by atoms with van der Waals surface area (Å²) in [4.78, 5) is 11.6. The van der Waals surface area contributed by atoms with Gasteiger partial charge in [-0.3, -0.25) is 4.79 Å². The highest BCUT2D eigenvalue weighted by Crippen LogP contribution is 2.34. The predicted molar refractivity (Wildman–Crippen MR) is 82.5 cm³/mol. The van der Waals surface area contributed by atoms with E-state index in [4.69, 9.17) is 4.74 Å². The quantitative estimate of drug-likeness (QED) is 0.899. The summed E-state index contributed by atoms with van der Waals surface area (Å²) in [7, 11) is -3.52. The third-order valence-electron chi connectivity index (χ3n) is 4.27. The highest BCUT2D eigenvalue weighted by atomic mass is 32.2. The molecule has 1 fully saturated rings. The van der Waals surface area contributed by atoms with E-state index in [2.05, 4.69) is 12.2 Å². The molecule has 2 heterocycles. The SMILES string of the molecule is Cc1cc2c(cc1S(=O)(=O)N1CCC(C)CC1)OCC(=O)N2. The molecule has 7 heteroatoms. The number of piperidine rings is 1. The third-order valence-corrected chi connectivity index (χ3v) is 6.31. The van der Waals surface area contributed by atoms with E-state index in [1.807, 2.05) is 0 Å². The zero-order chi connectivity index (χ0) is 15.9. The van der Waals surface area contributed by atoms with Crippen molar-refractivity contribution in [3.63, 3.8) is 0 Å². The molecule has 1 aromatic rings. The van der Waals surface area contributed by atoms with Crippen LogP contribution >= 0.6 is 0 Å². The van der Waals surface area contributed by atoms with E-state index in [1.165, 1.54) is 6.07 Å². The number of benzene rings is 1. The fourth-order valence-electron chi connectivity index (χ4n) is 2.86. The van der Waals surface area contributed by atoms with Crippen molar-refractivity contribution < 1.29 is 17.9 Å². The summed E-state index contributed by atoms with van der Waals surface area (Å²) in [5, 5.41) is 2.69. The monoisotopic (exact) mass is 324 g/mol. The van der Waals surface area contributed by atoms with Crippen molar-refractivity contribution in [3.8, 4) is 5.75 Å². The zero-order valence-corrected chi connectivity index (χ0v) is 13.6. The lowest BCUT2D eigenvalue weighted by atomic mass is 10.0. The minimum atomic E-state index is -3.52. The Balaban J connectivity index is 1.95. The molecular weight excluding hydrogens is 304 g/mol. The summed E-state index contributed by atoms with van der Waals surface area (Å²) in [6.45, 7) is 4.90. The largest absolute Gasteiger partial charge is 0.482 e. The Labute approximate surface area is 130 Å². The number of anilines is 1. The molecule has 0 aromatic heterocycles. The number of hydrogen-bond acceptors (Lipinski definition) is 4. The minimum Gasteiger partial charge on any atom is -0.482 e. The van der Waals surface area contributed by atoms with Crippen LogP contribution < -0.4 is 10.1 Å². The molecule has 0 spiro atoms. The fourth-order valence-corrected chi connectivity index (χ4v) is 4.55. The first-order valence-corrected chi connectivity index (χ1v) is 8.89. The van der Waals surface area contributed by atoms with E-state index >= 15 is 0 Å². The maximum Gasteiger partial charge on any atom is 0.262 e. The van der Waals surface area contributed by atoms with Gasteiger partial charge in [0.25, 0.3) is 5.91 Å². The lowest BCUT2D eigenvalue weighted by Gasteiger charge is -2.30. The van der Waals surface area contributed by atoms with Gasteiger partial charge in [-0.2, -0.15) is 4.31 Å². The van der Waals surface area contributed by atoms with Crippen LogP contribution in [-0.2, 0) is 14.8 Å². The van der Waals surface area contributed by atoms with Gasteiger partial charge < -0.3 is 10.1 Å². The topological polar surface area (TPSA) is 75.7 Å². The molecule has 2 aliphatic rings. The first-order chi connectivity index (χ1) is 10.4. The van der Waals surface area contributed by atoms with Crippen LogP contribution in [0.4, 0.5) is 5.69 Å². The number of carbonyl (C=O) groups excluding carboxylic acids is 1. The number of sulfonamides is 1. The number of amides is 1. The van der Waals surface area contributed by atoms with Crippen LogP contribution in [-0.4, -0.2) is 38.3 Å². The highest BCUT2D eigenvalue weighted by Gasteiger charge is 2.31. The van der Waals surface area contributed by atoms with E-state index in [0.29, 0.717) is 36.0 Å². The minimum absolute atomic E-state index is 0.0865. The fraction of sp³-hybridized carbons (Fsp3) is 0.533. The van der Waals surface area contributed by atoms with Gasteiger partial charge in [-0.15, -0.1) is 0 Å². The van der Waals surface area contributed by atoms with Crippen LogP contribution in [0.3, 0.4) is 0 Å². The predicted octanol–water partition coefficient (Wildman–Crippen LogP) is 1.75. The van der Waals surface area contributed by atoms with Gasteiger partial charge >= 0.3 is 0 Å². The summed E-state index contributed by atoms with van der Waals surface area (Å²) >= 11 is 0. The van der Waals surface area contributed by atoms with Gasteiger partial charge in [0.2, 0.25) is 10.0 Å². The molecule has 2 aliphatic heterocycles. The number of fused-ring (bicyclic) bond motifs is 1. The van der Waals surface area contributed by atoms with Gasteiger partial charge in [0.1, 0.15) is 5.75 Å². The van der Waals surface area contributed by atoms with Crippen LogP contribution in [0.15, 0.2) is 17.0 Å². The smallest absolute Gasteiger partial charge is 0.262 e. The average molecular weight is 324 g/mol. The average Bonchev–Trinajstić information content (AvgIpc) is 2.46. The second kappa shape index (κ2) is 5.55. The number of carbonyl (C=O) groups is 1. The summed E-state index contributed by atoms with van der Waals surface area (Å²) < 4.78 is 32.6. The number of nitrogens with one attached hydrogen (secondary N) is 1. The number of nitrogens with zero attached hydrogens (tertiary/aromatic N) is 1. The molecule has 1 amide bonds. The number of aryl methyl sites for hydroxylation is 1. The molecule has 0 atom stereocenters. The van der Waals surface area contributed by atoms with Gasteiger partial charge in [-0.25, -0.2) is 8.42 Å². The second-order valence-electron chi connectivity index (χ2n) is 6.04. The molecule has 0 aliphatic carbocycles. The third kappa shape index (κ3) is 2.70. The van der Waals surface area contributed by atoms with Gasteiger partial charge in [0.05, 0.1) is 10.6 Å². The van der Waals surface area contributed by atoms with E-state index in [1.54, 1.807) is 17.3 Å². The van der Waals surface area contributed by atoms with Crippen LogP contribution in [0.25, 0.3) is 0 Å². The summed E-state index contributed by atoms with van der Waals surface area (Å²) in [6, 6.07) is 3.18. The highest BCUT2D eigenvalue weighted by molar-refractivity contribution is 7.89. The van der Waals surface area contributed by atoms with Crippen molar-refractivity contribution >= 4 is 21.6 Å². The normalized spacial score (nSPS) is 20.2. The van der Waals surface area contributed by atoms with E-state index < -0.39 is 10.0 Å². The van der Waals surface area contributed by atoms with Crippen LogP contribution in [0, 0.1) is 12.8 Å². The van der Waals surface area contributed by atoms with Crippen LogP contribution in [0.1, 0.15) is 25.3 Å². The molecular formula is C15H20N2O4S. The Morgan fingerprint density at radius 1 is 1.27 bits per heavy atom. The Kier molecular flexibility index (Phi) is 3.86. The Hall–Kier alpha value is -1.60. The summed E-state index contributed by atoms with van der Waals surface area (Å²) in [5.74, 6) is 0.747. The lowest BCUT2D eigenvalue weighted by molar-refractivity contribution is -0.118. The molecule has 0 unspecified atom stereocenters. The van der Waals surface area contributed by atoms with Crippen molar-refractivity contribution in [2.45, 2.75) is 31.6 Å². The molecule has 120 valence electrons. The molecule has 1 saturated heterocycles. The van der Waals surface area contributed by atoms with Crippen LogP contribution in [0.2, 0.25) is 0 Å². The van der Waals surface area contributed by atoms with Gasteiger partial charge in [-0.1, -0.05) is 6.92 Å². The molecule has 1 N–H and O–H groups in total. The first kappa shape index (κ1) is 15.3. The summed E-state index contributed by atoms with van der Waals surface area (Å²) in [5.41, 5.74) is 1.14. The van der Waals surface area contributed by atoms with Crippen molar-refractivity contribution in [1.29, 1.82) is 0 Å². The van der Waals surface area contributed by atoms with Crippen molar-refractivity contribution in [3.05, 3.63) is 17.7 Å². The molecule has 6 nitrogen and oxygen atoms in total. The van der Waals surface area contributed by atoms with Gasteiger partial charge in [-0.05, 0) is 37.3 Å². The van der Waals surface area contributed by atoms with E-state index in [9.17, 15) is 13.2 Å². The standard InChI is InChI=1S/C15H20N2O4S/c1-10-3-5-17(6-4-10)22(19,20)14-8-13-12(7-11(14)2)16-15(18)9-21-13/h7-8,10H,3-6,9H2,1-2H3,(H,16,18). The maximum absolute atomic E-state index is 12.8. The molecule has 0 radical (unpaired) electrons. The lowest BCUT2D eigenvalue weighted by Crippen LogP contribution is -2.38. The first-order valence-electron chi connectivity index (χ1n) is 7.45. The summed E-state index contributed by atoms with van der Waals surface area (Å²) in [6.07, 6.45) is 1.77. The van der Waals surface area contributed by atoms with E-state index in [-0.39, 0.29) is 17.4 Å². The van der Waals surface area contributed by atoms with Crippen molar-refractivity contribution in [1.82, 2.24) is 4.31 Å². The van der Waals surface area contributed by atoms with Crippen molar-refractivity contribution in [2.24, 2.45) is 5.92 Å². The van der Waals surface area contributed by atoms with E-state index in [0.717, 1.165) is 12.8 Å². The maximum atomic E-state index is 12.8. The number of rotatable bonds is 2. The van der Waals surface area contributed by atoms with Crippen molar-refractivity contribution in [2.75, 3.05) is 25.0 Å². The number of ether oxygens (including phenoxy) is 1. The molecule has 3 rings (SSSR count). The Morgan fingerprint density at radius 2 is 1.95 bits per heavy atom. The zero-order valence-electron chi connectivity index (χ0n) is 12.8. The Bertz CT molecular complexity index is 706. The Morgan fingerprint density at radius 3 is 2.64 bits per heavy atom. The molecule has 0 saturated carbocycles. The number of hydrogen-bond donors (Lipinski definition) is 1.